The van der Waals surface area contributed by atoms with Crippen LogP contribution in [0.3, 0.4) is 0 Å². The van der Waals surface area contributed by atoms with E-state index in [4.69, 9.17) is 23.2 Å². The molecule has 0 unspecified atom stereocenters. The zero-order chi connectivity index (χ0) is 13.7. The molecule has 1 aromatic carbocycles. The normalized spacial score (nSPS) is 17.8. The molecule has 1 aliphatic rings. The van der Waals surface area contributed by atoms with Crippen LogP contribution < -0.4 is 5.32 Å². The Bertz CT molecular complexity index is 383. The number of rotatable bonds is 5. The van der Waals surface area contributed by atoms with Crippen molar-refractivity contribution < 1.29 is 0 Å². The van der Waals surface area contributed by atoms with Crippen molar-refractivity contribution in [3.8, 4) is 0 Å². The number of halogens is 2. The van der Waals surface area contributed by atoms with Gasteiger partial charge in [-0.25, -0.2) is 0 Å². The molecule has 0 radical (unpaired) electrons. The van der Waals surface area contributed by atoms with Gasteiger partial charge in [0.15, 0.2) is 0 Å². The fraction of sp³-hybridized carbons (Fsp3) is 0.571. The fourth-order valence-corrected chi connectivity index (χ4v) is 2.83. The van der Waals surface area contributed by atoms with Gasteiger partial charge in [-0.3, -0.25) is 4.90 Å². The maximum absolute atomic E-state index is 5.97. The number of benzene rings is 1. The smallest absolute Gasteiger partial charge is 0.0424 e. The standard InChI is InChI=1S/C14H21Cl2N3/c1-18-4-6-19(7-5-18)3-2-17-11-12-8-13(15)10-14(16)9-12/h8-10,17H,2-7,11H2,1H3. The predicted octanol–water partition coefficient (Wildman–Crippen LogP) is 2.33. The van der Waals surface area contributed by atoms with Crippen LogP contribution in [0.2, 0.25) is 10.0 Å². The van der Waals surface area contributed by atoms with E-state index in [1.54, 1.807) is 6.07 Å². The Morgan fingerprint density at radius 3 is 2.32 bits per heavy atom. The molecule has 0 amide bonds. The summed E-state index contributed by atoms with van der Waals surface area (Å²) in [4.78, 5) is 4.87. The van der Waals surface area contributed by atoms with Crippen molar-refractivity contribution in [1.82, 2.24) is 15.1 Å². The second-order valence-electron chi connectivity index (χ2n) is 5.10. The highest BCUT2D eigenvalue weighted by atomic mass is 35.5. The second kappa shape index (κ2) is 7.46. The first kappa shape index (κ1) is 15.1. The number of nitrogens with one attached hydrogen (secondary N) is 1. The van der Waals surface area contributed by atoms with Gasteiger partial charge in [0.2, 0.25) is 0 Å². The van der Waals surface area contributed by atoms with E-state index in [9.17, 15) is 0 Å². The largest absolute Gasteiger partial charge is 0.311 e. The molecule has 0 saturated carbocycles. The minimum atomic E-state index is 0.698. The Balaban J connectivity index is 1.66. The Morgan fingerprint density at radius 1 is 1.05 bits per heavy atom. The topological polar surface area (TPSA) is 18.5 Å². The molecule has 1 N–H and O–H groups in total. The van der Waals surface area contributed by atoms with Crippen LogP contribution in [-0.4, -0.2) is 56.1 Å². The molecule has 2 rings (SSSR count). The van der Waals surface area contributed by atoms with Gasteiger partial charge in [0.25, 0.3) is 0 Å². The van der Waals surface area contributed by atoms with Crippen molar-refractivity contribution in [2.45, 2.75) is 6.54 Å². The van der Waals surface area contributed by atoms with Crippen LogP contribution in [-0.2, 0) is 6.54 Å². The third-order valence-corrected chi connectivity index (χ3v) is 3.89. The molecule has 0 aromatic heterocycles. The van der Waals surface area contributed by atoms with Crippen LogP contribution in [0, 0.1) is 0 Å². The first-order valence-electron chi connectivity index (χ1n) is 6.70. The highest BCUT2D eigenvalue weighted by Crippen LogP contribution is 2.18. The van der Waals surface area contributed by atoms with Crippen molar-refractivity contribution >= 4 is 23.2 Å². The molecular weight excluding hydrogens is 281 g/mol. The number of piperazine rings is 1. The van der Waals surface area contributed by atoms with Gasteiger partial charge < -0.3 is 10.2 Å². The number of hydrogen-bond donors (Lipinski definition) is 1. The van der Waals surface area contributed by atoms with Crippen LogP contribution in [0.1, 0.15) is 5.56 Å². The van der Waals surface area contributed by atoms with Crippen molar-refractivity contribution in [3.63, 3.8) is 0 Å². The van der Waals surface area contributed by atoms with Crippen LogP contribution in [0.15, 0.2) is 18.2 Å². The van der Waals surface area contributed by atoms with E-state index in [0.29, 0.717) is 10.0 Å². The summed E-state index contributed by atoms with van der Waals surface area (Å²) in [6.07, 6.45) is 0. The van der Waals surface area contributed by atoms with Gasteiger partial charge in [0.1, 0.15) is 0 Å². The van der Waals surface area contributed by atoms with E-state index in [0.717, 1.165) is 25.2 Å². The summed E-state index contributed by atoms with van der Waals surface area (Å²) < 4.78 is 0. The number of nitrogens with zero attached hydrogens (tertiary/aromatic N) is 2. The summed E-state index contributed by atoms with van der Waals surface area (Å²) in [6.45, 7) is 7.58. The van der Waals surface area contributed by atoms with Crippen LogP contribution in [0.25, 0.3) is 0 Å². The summed E-state index contributed by atoms with van der Waals surface area (Å²) in [7, 11) is 2.18. The molecule has 1 aliphatic heterocycles. The average molecular weight is 302 g/mol. The predicted molar refractivity (Wildman–Crippen MR) is 82.1 cm³/mol. The lowest BCUT2D eigenvalue weighted by molar-refractivity contribution is 0.154. The van der Waals surface area contributed by atoms with Gasteiger partial charge >= 0.3 is 0 Å². The average Bonchev–Trinajstić information content (AvgIpc) is 2.36. The first-order chi connectivity index (χ1) is 9.13. The van der Waals surface area contributed by atoms with Crippen LogP contribution in [0.5, 0.6) is 0 Å². The molecule has 0 aliphatic carbocycles. The van der Waals surface area contributed by atoms with Crippen molar-refractivity contribution in [2.75, 3.05) is 46.3 Å². The lowest BCUT2D eigenvalue weighted by Gasteiger charge is -2.32. The molecular formula is C14H21Cl2N3. The van der Waals surface area contributed by atoms with Gasteiger partial charge in [-0.2, -0.15) is 0 Å². The van der Waals surface area contributed by atoms with Gasteiger partial charge in [-0.15, -0.1) is 0 Å². The summed E-state index contributed by atoms with van der Waals surface area (Å²) >= 11 is 11.9. The number of hydrogen-bond acceptors (Lipinski definition) is 3. The van der Waals surface area contributed by atoms with E-state index in [-0.39, 0.29) is 0 Å². The van der Waals surface area contributed by atoms with Gasteiger partial charge in [0.05, 0.1) is 0 Å². The SMILES string of the molecule is CN1CCN(CCNCc2cc(Cl)cc(Cl)c2)CC1. The van der Waals surface area contributed by atoms with E-state index < -0.39 is 0 Å². The maximum atomic E-state index is 5.97. The summed E-state index contributed by atoms with van der Waals surface area (Å²) in [6, 6.07) is 5.67. The summed E-state index contributed by atoms with van der Waals surface area (Å²) in [5.74, 6) is 0. The Morgan fingerprint density at radius 2 is 1.68 bits per heavy atom. The molecule has 0 atom stereocenters. The van der Waals surface area contributed by atoms with Gasteiger partial charge in [-0.1, -0.05) is 23.2 Å². The van der Waals surface area contributed by atoms with Crippen molar-refractivity contribution in [3.05, 3.63) is 33.8 Å². The minimum Gasteiger partial charge on any atom is -0.311 e. The second-order valence-corrected chi connectivity index (χ2v) is 5.97. The molecule has 3 nitrogen and oxygen atoms in total. The third kappa shape index (κ3) is 5.28. The molecule has 1 saturated heterocycles. The van der Waals surface area contributed by atoms with E-state index in [1.807, 2.05) is 12.1 Å². The first-order valence-corrected chi connectivity index (χ1v) is 7.45. The molecule has 1 fully saturated rings. The van der Waals surface area contributed by atoms with Crippen LogP contribution in [0.4, 0.5) is 0 Å². The minimum absolute atomic E-state index is 0.698. The zero-order valence-electron chi connectivity index (χ0n) is 11.3. The maximum Gasteiger partial charge on any atom is 0.0424 e. The zero-order valence-corrected chi connectivity index (χ0v) is 12.8. The third-order valence-electron chi connectivity index (χ3n) is 3.45. The molecule has 0 spiro atoms. The molecule has 1 aromatic rings. The lowest BCUT2D eigenvalue weighted by Crippen LogP contribution is -2.46. The van der Waals surface area contributed by atoms with E-state index in [2.05, 4.69) is 22.2 Å². The molecule has 5 heteroatoms. The molecule has 106 valence electrons. The molecule has 0 bridgehead atoms. The fourth-order valence-electron chi connectivity index (χ4n) is 2.25. The van der Waals surface area contributed by atoms with Crippen molar-refractivity contribution in [2.24, 2.45) is 0 Å². The van der Waals surface area contributed by atoms with Crippen LogP contribution >= 0.6 is 23.2 Å². The summed E-state index contributed by atoms with van der Waals surface area (Å²) in [5, 5.41) is 4.84. The Labute approximate surface area is 125 Å². The number of likely N-dealkylation sites (N-methyl/N-ethyl adjacent to an activating group) is 1. The molecule has 1 heterocycles. The highest BCUT2D eigenvalue weighted by molar-refractivity contribution is 6.34. The molecule has 19 heavy (non-hydrogen) atoms. The Kier molecular flexibility index (Phi) is 5.92. The van der Waals surface area contributed by atoms with Gasteiger partial charge in [-0.05, 0) is 30.8 Å². The highest BCUT2D eigenvalue weighted by Gasteiger charge is 2.12. The van der Waals surface area contributed by atoms with Gasteiger partial charge in [0, 0.05) is 55.9 Å². The summed E-state index contributed by atoms with van der Waals surface area (Å²) in [5.41, 5.74) is 1.14. The van der Waals surface area contributed by atoms with Crippen molar-refractivity contribution in [1.29, 1.82) is 0 Å². The van der Waals surface area contributed by atoms with E-state index in [1.165, 1.54) is 26.2 Å². The lowest BCUT2D eigenvalue weighted by atomic mass is 10.2. The van der Waals surface area contributed by atoms with E-state index >= 15 is 0 Å². The monoisotopic (exact) mass is 301 g/mol. The Hall–Kier alpha value is -0.320. The quantitative estimate of drug-likeness (QED) is 0.842.